The third kappa shape index (κ3) is 4.57. The Kier molecular flexibility index (Phi) is 6.12. The lowest BCUT2D eigenvalue weighted by atomic mass is 9.94. The first-order valence-electron chi connectivity index (χ1n) is 11.1. The highest BCUT2D eigenvalue weighted by atomic mass is 32.2. The maximum atomic E-state index is 12.8. The van der Waals surface area contributed by atoms with Gasteiger partial charge in [-0.3, -0.25) is 4.79 Å². The molecule has 2 aliphatic heterocycles. The molecule has 34 heavy (non-hydrogen) atoms. The van der Waals surface area contributed by atoms with E-state index >= 15 is 0 Å². The van der Waals surface area contributed by atoms with Gasteiger partial charge in [0.1, 0.15) is 11.5 Å². The molecule has 0 saturated carbocycles. The minimum absolute atomic E-state index is 0.0223. The molecular weight excluding hydrogens is 456 g/mol. The SMILES string of the molecule is O=C(CCNS(=O)(=O)c1ccc2c(c1)OCCCO2)NC1c2ccccc2Oc2ccccc21. The molecule has 1 amide bonds. The zero-order chi connectivity index (χ0) is 23.5. The van der Waals surface area contributed by atoms with Crippen molar-refractivity contribution in [1.82, 2.24) is 10.0 Å². The molecule has 2 aliphatic rings. The van der Waals surface area contributed by atoms with Crippen LogP contribution in [0.5, 0.6) is 23.0 Å². The second kappa shape index (κ2) is 9.36. The number of rotatable bonds is 6. The fourth-order valence-corrected chi connectivity index (χ4v) is 5.04. The summed E-state index contributed by atoms with van der Waals surface area (Å²) in [5.74, 6) is 2.00. The third-order valence-electron chi connectivity index (χ3n) is 5.66. The summed E-state index contributed by atoms with van der Waals surface area (Å²) in [7, 11) is -3.82. The summed E-state index contributed by atoms with van der Waals surface area (Å²) in [6.45, 7) is 0.937. The molecule has 0 unspecified atom stereocenters. The van der Waals surface area contributed by atoms with Crippen LogP contribution in [0.3, 0.4) is 0 Å². The van der Waals surface area contributed by atoms with Crippen LogP contribution < -0.4 is 24.2 Å². The number of amides is 1. The number of ether oxygens (including phenoxy) is 3. The van der Waals surface area contributed by atoms with Crippen LogP contribution in [0.25, 0.3) is 0 Å². The van der Waals surface area contributed by atoms with Gasteiger partial charge in [0, 0.05) is 36.6 Å². The number of carbonyl (C=O) groups is 1. The topological polar surface area (TPSA) is 103 Å². The molecule has 0 aliphatic carbocycles. The fraction of sp³-hybridized carbons (Fsp3) is 0.240. The van der Waals surface area contributed by atoms with Crippen LogP contribution in [0.1, 0.15) is 30.0 Å². The van der Waals surface area contributed by atoms with Crippen LogP contribution in [0, 0.1) is 0 Å². The Morgan fingerprint density at radius 2 is 1.50 bits per heavy atom. The summed E-state index contributed by atoms with van der Waals surface area (Å²) in [6, 6.07) is 19.2. The van der Waals surface area contributed by atoms with E-state index < -0.39 is 10.0 Å². The van der Waals surface area contributed by atoms with E-state index in [0.717, 1.165) is 17.5 Å². The first-order chi connectivity index (χ1) is 16.5. The Labute approximate surface area is 197 Å². The predicted octanol–water partition coefficient (Wildman–Crippen LogP) is 3.53. The molecule has 0 radical (unpaired) electrons. The van der Waals surface area contributed by atoms with Crippen LogP contribution >= 0.6 is 0 Å². The van der Waals surface area contributed by atoms with Gasteiger partial charge in [-0.2, -0.15) is 0 Å². The van der Waals surface area contributed by atoms with Gasteiger partial charge in [-0.05, 0) is 24.3 Å². The van der Waals surface area contributed by atoms with Crippen molar-refractivity contribution in [1.29, 1.82) is 0 Å². The summed E-state index contributed by atoms with van der Waals surface area (Å²) in [5, 5.41) is 3.01. The summed E-state index contributed by atoms with van der Waals surface area (Å²) in [6.07, 6.45) is 0.706. The second-order valence-electron chi connectivity index (χ2n) is 7.99. The summed E-state index contributed by atoms with van der Waals surface area (Å²) < 4.78 is 45.1. The molecule has 0 atom stereocenters. The number of hydrogen-bond donors (Lipinski definition) is 2. The first kappa shape index (κ1) is 22.2. The van der Waals surface area contributed by atoms with Gasteiger partial charge in [0.15, 0.2) is 11.5 Å². The van der Waals surface area contributed by atoms with E-state index in [1.807, 2.05) is 48.5 Å². The van der Waals surface area contributed by atoms with Crippen LogP contribution in [0.2, 0.25) is 0 Å². The summed E-state index contributed by atoms with van der Waals surface area (Å²) >= 11 is 0. The second-order valence-corrected chi connectivity index (χ2v) is 9.75. The molecule has 0 fully saturated rings. The van der Waals surface area contributed by atoms with E-state index in [-0.39, 0.29) is 29.8 Å². The highest BCUT2D eigenvalue weighted by molar-refractivity contribution is 7.89. The molecule has 0 aromatic heterocycles. The number of hydrogen-bond acceptors (Lipinski definition) is 6. The largest absolute Gasteiger partial charge is 0.490 e. The molecule has 5 rings (SSSR count). The highest BCUT2D eigenvalue weighted by Gasteiger charge is 2.28. The van der Waals surface area contributed by atoms with Gasteiger partial charge in [-0.15, -0.1) is 0 Å². The fourth-order valence-electron chi connectivity index (χ4n) is 3.99. The Bertz CT molecular complexity index is 1280. The van der Waals surface area contributed by atoms with E-state index in [0.29, 0.717) is 36.2 Å². The van der Waals surface area contributed by atoms with Crippen molar-refractivity contribution in [3.63, 3.8) is 0 Å². The molecule has 9 heteroatoms. The maximum Gasteiger partial charge on any atom is 0.240 e. The maximum absolute atomic E-state index is 12.8. The molecular formula is C25H24N2O6S. The first-order valence-corrected chi connectivity index (χ1v) is 12.5. The highest BCUT2D eigenvalue weighted by Crippen LogP contribution is 2.42. The van der Waals surface area contributed by atoms with Gasteiger partial charge in [0.05, 0.1) is 24.2 Å². The molecule has 2 heterocycles. The lowest BCUT2D eigenvalue weighted by Gasteiger charge is -2.28. The molecule has 3 aromatic carbocycles. The van der Waals surface area contributed by atoms with E-state index in [4.69, 9.17) is 14.2 Å². The van der Waals surface area contributed by atoms with Gasteiger partial charge in [0.2, 0.25) is 15.9 Å². The average molecular weight is 481 g/mol. The lowest BCUT2D eigenvalue weighted by molar-refractivity contribution is -0.121. The summed E-state index contributed by atoms with van der Waals surface area (Å²) in [5.41, 5.74) is 1.70. The number of carbonyl (C=O) groups excluding carboxylic acids is 1. The number of benzene rings is 3. The van der Waals surface area contributed by atoms with Crippen molar-refractivity contribution in [3.8, 4) is 23.0 Å². The number of sulfonamides is 1. The van der Waals surface area contributed by atoms with E-state index in [9.17, 15) is 13.2 Å². The van der Waals surface area contributed by atoms with Crippen LogP contribution in [-0.2, 0) is 14.8 Å². The summed E-state index contributed by atoms with van der Waals surface area (Å²) in [4.78, 5) is 12.8. The van der Waals surface area contributed by atoms with Crippen molar-refractivity contribution in [2.24, 2.45) is 0 Å². The van der Waals surface area contributed by atoms with Gasteiger partial charge < -0.3 is 19.5 Å². The zero-order valence-electron chi connectivity index (χ0n) is 18.3. The average Bonchev–Trinajstić information content (AvgIpc) is 3.09. The van der Waals surface area contributed by atoms with Crippen LogP contribution in [-0.4, -0.2) is 34.1 Å². The number of fused-ring (bicyclic) bond motifs is 3. The minimum Gasteiger partial charge on any atom is -0.490 e. The van der Waals surface area contributed by atoms with Crippen molar-refractivity contribution in [2.45, 2.75) is 23.8 Å². The minimum atomic E-state index is -3.82. The van der Waals surface area contributed by atoms with Gasteiger partial charge in [-0.1, -0.05) is 36.4 Å². The third-order valence-corrected chi connectivity index (χ3v) is 7.12. The molecule has 2 N–H and O–H groups in total. The molecule has 176 valence electrons. The monoisotopic (exact) mass is 480 g/mol. The van der Waals surface area contributed by atoms with Crippen molar-refractivity contribution in [2.75, 3.05) is 19.8 Å². The smallest absolute Gasteiger partial charge is 0.240 e. The van der Waals surface area contributed by atoms with Crippen molar-refractivity contribution >= 4 is 15.9 Å². The van der Waals surface area contributed by atoms with Crippen LogP contribution in [0.15, 0.2) is 71.6 Å². The molecule has 0 spiro atoms. The Morgan fingerprint density at radius 3 is 2.21 bits per heavy atom. The van der Waals surface area contributed by atoms with Gasteiger partial charge in [-0.25, -0.2) is 13.1 Å². The predicted molar refractivity (Wildman–Crippen MR) is 125 cm³/mol. The van der Waals surface area contributed by atoms with Gasteiger partial charge >= 0.3 is 0 Å². The normalized spacial score (nSPS) is 14.8. The lowest BCUT2D eigenvalue weighted by Crippen LogP contribution is -2.34. The Morgan fingerprint density at radius 1 is 0.853 bits per heavy atom. The van der Waals surface area contributed by atoms with Gasteiger partial charge in [0.25, 0.3) is 0 Å². The number of para-hydroxylation sites is 2. The molecule has 0 saturated heterocycles. The van der Waals surface area contributed by atoms with Crippen LogP contribution in [0.4, 0.5) is 0 Å². The number of nitrogens with one attached hydrogen (secondary N) is 2. The van der Waals surface area contributed by atoms with Crippen molar-refractivity contribution in [3.05, 3.63) is 77.9 Å². The zero-order valence-corrected chi connectivity index (χ0v) is 19.1. The Hall–Kier alpha value is -3.56. The molecule has 0 bridgehead atoms. The van der Waals surface area contributed by atoms with E-state index in [2.05, 4.69) is 10.0 Å². The standard InChI is InChI=1S/C25H24N2O6S/c28-24(27-25-18-6-1-3-8-20(18)33-21-9-4-2-7-19(21)25)12-13-26-34(29,30)17-10-11-22-23(16-17)32-15-5-14-31-22/h1-4,6-11,16,25-26H,5,12-15H2,(H,27,28). The van der Waals surface area contributed by atoms with Crippen molar-refractivity contribution < 1.29 is 27.4 Å². The van der Waals surface area contributed by atoms with E-state index in [1.54, 1.807) is 6.07 Å². The quantitative estimate of drug-likeness (QED) is 0.560. The van der Waals surface area contributed by atoms with E-state index in [1.165, 1.54) is 12.1 Å². The molecule has 3 aromatic rings. The molecule has 8 nitrogen and oxygen atoms in total. The Balaban J connectivity index is 1.24.